The molecule has 0 atom stereocenters. The van der Waals surface area contributed by atoms with Crippen molar-refractivity contribution in [3.63, 3.8) is 0 Å². The molecule has 3 aromatic heterocycles. The summed E-state index contributed by atoms with van der Waals surface area (Å²) in [6.45, 7) is 3.77. The molecule has 3 aromatic rings. The second kappa shape index (κ2) is 5.24. The Labute approximate surface area is 130 Å². The zero-order valence-electron chi connectivity index (χ0n) is 12.2. The minimum atomic E-state index is 0.451. The van der Waals surface area contributed by atoms with Crippen molar-refractivity contribution in [2.45, 2.75) is 43.6 Å². The zero-order valence-corrected chi connectivity index (χ0v) is 13.0. The van der Waals surface area contributed by atoms with Crippen molar-refractivity contribution in [2.24, 2.45) is 0 Å². The van der Waals surface area contributed by atoms with E-state index >= 15 is 0 Å². The number of nitrogens with zero attached hydrogens (tertiary/aromatic N) is 6. The Kier molecular flexibility index (Phi) is 3.21. The van der Waals surface area contributed by atoms with Crippen LogP contribution < -0.4 is 0 Å². The number of aromatic nitrogens is 6. The van der Waals surface area contributed by atoms with Gasteiger partial charge in [-0.2, -0.15) is 0 Å². The van der Waals surface area contributed by atoms with E-state index in [1.807, 2.05) is 24.6 Å². The summed E-state index contributed by atoms with van der Waals surface area (Å²) in [5.41, 5.74) is 0.837. The maximum absolute atomic E-state index is 5.70. The Bertz CT molecular complexity index is 803. The topological polar surface area (TPSA) is 95.7 Å². The van der Waals surface area contributed by atoms with Crippen molar-refractivity contribution in [1.82, 2.24) is 30.4 Å². The van der Waals surface area contributed by atoms with Crippen molar-refractivity contribution in [1.29, 1.82) is 0 Å². The molecule has 1 fully saturated rings. The number of aryl methyl sites for hydroxylation is 2. The van der Waals surface area contributed by atoms with E-state index < -0.39 is 0 Å². The highest BCUT2D eigenvalue weighted by molar-refractivity contribution is 7.98. The Morgan fingerprint density at radius 3 is 2.82 bits per heavy atom. The fourth-order valence-electron chi connectivity index (χ4n) is 2.22. The third kappa shape index (κ3) is 2.52. The van der Waals surface area contributed by atoms with Crippen LogP contribution in [0.5, 0.6) is 0 Å². The molecule has 8 nitrogen and oxygen atoms in total. The molecule has 0 aliphatic heterocycles. The molecule has 0 bridgehead atoms. The van der Waals surface area contributed by atoms with Gasteiger partial charge in [0.05, 0.1) is 17.4 Å². The Balaban J connectivity index is 1.48. The predicted molar refractivity (Wildman–Crippen MR) is 77.1 cm³/mol. The fourth-order valence-corrected chi connectivity index (χ4v) is 3.00. The molecule has 1 aliphatic rings. The molecule has 0 saturated heterocycles. The van der Waals surface area contributed by atoms with Gasteiger partial charge in [0, 0.05) is 0 Å². The number of hydrogen-bond acceptors (Lipinski definition) is 8. The third-order valence-corrected chi connectivity index (χ3v) is 4.34. The number of furan rings is 1. The highest BCUT2D eigenvalue weighted by Gasteiger charge is 2.28. The van der Waals surface area contributed by atoms with Crippen LogP contribution in [0.2, 0.25) is 0 Å². The molecule has 0 spiro atoms. The summed E-state index contributed by atoms with van der Waals surface area (Å²) in [4.78, 5) is 0. The highest BCUT2D eigenvalue weighted by atomic mass is 32.2. The standard InChI is InChI=1S/C13H14N6O2S/c1-7-5-10(8(2)20-7)12-15-14-11(21-12)6-22-13-16-17-18-19(13)9-3-4-9/h5,9H,3-4,6H2,1-2H3. The average molecular weight is 318 g/mol. The van der Waals surface area contributed by atoms with Crippen molar-refractivity contribution < 1.29 is 8.83 Å². The minimum Gasteiger partial charge on any atom is -0.466 e. The summed E-state index contributed by atoms with van der Waals surface area (Å²) >= 11 is 1.50. The number of tetrazole rings is 1. The van der Waals surface area contributed by atoms with Gasteiger partial charge in [0.25, 0.3) is 5.89 Å². The average Bonchev–Trinajstić information content (AvgIpc) is 2.92. The molecule has 0 radical (unpaired) electrons. The zero-order chi connectivity index (χ0) is 15.1. The van der Waals surface area contributed by atoms with Crippen molar-refractivity contribution >= 4 is 11.8 Å². The van der Waals surface area contributed by atoms with Crippen LogP contribution in [0.25, 0.3) is 11.5 Å². The SMILES string of the molecule is Cc1cc(-c2nnc(CSc3nnnn3C3CC3)o2)c(C)o1. The molecule has 1 saturated carbocycles. The van der Waals surface area contributed by atoms with Gasteiger partial charge in [-0.25, -0.2) is 4.68 Å². The molecular formula is C13H14N6O2S. The van der Waals surface area contributed by atoms with Crippen LogP contribution in [-0.2, 0) is 5.75 Å². The molecule has 0 unspecified atom stereocenters. The summed E-state index contributed by atoms with van der Waals surface area (Å²) in [7, 11) is 0. The summed E-state index contributed by atoms with van der Waals surface area (Å²) in [5, 5.41) is 20.7. The molecule has 1 aliphatic carbocycles. The minimum absolute atomic E-state index is 0.451. The van der Waals surface area contributed by atoms with Crippen molar-refractivity contribution in [2.75, 3.05) is 0 Å². The molecule has 4 rings (SSSR count). The lowest BCUT2D eigenvalue weighted by Gasteiger charge is -1.99. The van der Waals surface area contributed by atoms with E-state index in [1.54, 1.807) is 0 Å². The van der Waals surface area contributed by atoms with E-state index in [9.17, 15) is 0 Å². The Morgan fingerprint density at radius 1 is 1.23 bits per heavy atom. The van der Waals surface area contributed by atoms with Crippen LogP contribution in [0.15, 0.2) is 20.1 Å². The lowest BCUT2D eigenvalue weighted by atomic mass is 10.2. The molecular weight excluding hydrogens is 304 g/mol. The van der Waals surface area contributed by atoms with Crippen LogP contribution in [-0.4, -0.2) is 30.4 Å². The lowest BCUT2D eigenvalue weighted by Crippen LogP contribution is -1.98. The molecule has 3 heterocycles. The number of hydrogen-bond donors (Lipinski definition) is 0. The van der Waals surface area contributed by atoms with Gasteiger partial charge < -0.3 is 8.83 Å². The van der Waals surface area contributed by atoms with Gasteiger partial charge in [0.15, 0.2) is 0 Å². The van der Waals surface area contributed by atoms with Gasteiger partial charge in [0.2, 0.25) is 11.0 Å². The van der Waals surface area contributed by atoms with Gasteiger partial charge in [-0.3, -0.25) is 0 Å². The maximum atomic E-state index is 5.70. The smallest absolute Gasteiger partial charge is 0.251 e. The van der Waals surface area contributed by atoms with Gasteiger partial charge in [0.1, 0.15) is 11.5 Å². The van der Waals surface area contributed by atoms with Crippen molar-refractivity contribution in [3.05, 3.63) is 23.5 Å². The molecule has 114 valence electrons. The van der Waals surface area contributed by atoms with E-state index in [0.717, 1.165) is 35.1 Å². The van der Waals surface area contributed by atoms with Gasteiger partial charge in [-0.15, -0.1) is 15.3 Å². The fraction of sp³-hybridized carbons (Fsp3) is 0.462. The van der Waals surface area contributed by atoms with E-state index in [4.69, 9.17) is 8.83 Å². The Morgan fingerprint density at radius 2 is 2.09 bits per heavy atom. The molecule has 0 amide bonds. The Hall–Kier alpha value is -2.16. The number of rotatable bonds is 5. The first-order valence-electron chi connectivity index (χ1n) is 7.01. The lowest BCUT2D eigenvalue weighted by molar-refractivity contribution is 0.499. The summed E-state index contributed by atoms with van der Waals surface area (Å²) in [6.07, 6.45) is 2.28. The summed E-state index contributed by atoms with van der Waals surface area (Å²) in [6, 6.07) is 2.35. The monoisotopic (exact) mass is 318 g/mol. The van der Waals surface area contributed by atoms with Gasteiger partial charge in [-0.05, 0) is 43.2 Å². The van der Waals surface area contributed by atoms with E-state index in [0.29, 0.717) is 23.6 Å². The normalized spacial score (nSPS) is 14.6. The summed E-state index contributed by atoms with van der Waals surface area (Å²) < 4.78 is 13.0. The highest BCUT2D eigenvalue weighted by Crippen LogP contribution is 2.37. The maximum Gasteiger partial charge on any atom is 0.251 e. The van der Waals surface area contributed by atoms with Gasteiger partial charge in [-0.1, -0.05) is 11.8 Å². The first kappa shape index (κ1) is 13.5. The second-order valence-corrected chi connectivity index (χ2v) is 6.20. The molecule has 0 aromatic carbocycles. The second-order valence-electron chi connectivity index (χ2n) is 5.25. The van der Waals surface area contributed by atoms with Crippen LogP contribution in [0.1, 0.15) is 36.3 Å². The molecule has 9 heteroatoms. The molecule has 22 heavy (non-hydrogen) atoms. The predicted octanol–water partition coefficient (Wildman–Crippen LogP) is 2.56. The van der Waals surface area contributed by atoms with Crippen molar-refractivity contribution in [3.8, 4) is 11.5 Å². The first-order chi connectivity index (χ1) is 10.7. The van der Waals surface area contributed by atoms with Crippen LogP contribution >= 0.6 is 11.8 Å². The summed E-state index contributed by atoms with van der Waals surface area (Å²) in [5.74, 6) is 3.16. The quantitative estimate of drug-likeness (QED) is 0.662. The van der Waals surface area contributed by atoms with Crippen LogP contribution in [0.3, 0.4) is 0 Å². The van der Waals surface area contributed by atoms with E-state index in [2.05, 4.69) is 25.7 Å². The molecule has 0 N–H and O–H groups in total. The van der Waals surface area contributed by atoms with Crippen LogP contribution in [0, 0.1) is 13.8 Å². The van der Waals surface area contributed by atoms with Crippen LogP contribution in [0.4, 0.5) is 0 Å². The third-order valence-electron chi connectivity index (χ3n) is 3.42. The van der Waals surface area contributed by atoms with E-state index in [-0.39, 0.29) is 0 Å². The largest absolute Gasteiger partial charge is 0.466 e. The number of thioether (sulfide) groups is 1. The van der Waals surface area contributed by atoms with Gasteiger partial charge >= 0.3 is 0 Å². The van der Waals surface area contributed by atoms with E-state index in [1.165, 1.54) is 11.8 Å². The first-order valence-corrected chi connectivity index (χ1v) is 7.99.